The fourth-order valence-electron chi connectivity index (χ4n) is 2.47. The summed E-state index contributed by atoms with van der Waals surface area (Å²) in [6.07, 6.45) is 1.48. The van der Waals surface area contributed by atoms with Gasteiger partial charge < -0.3 is 4.74 Å². The monoisotopic (exact) mass is 287 g/mol. The summed E-state index contributed by atoms with van der Waals surface area (Å²) >= 11 is 1.56. The minimum atomic E-state index is 0.0501. The topological polar surface area (TPSA) is 39.2 Å². The minimum absolute atomic E-state index is 0.0501. The molecule has 2 heterocycles. The van der Waals surface area contributed by atoms with Crippen molar-refractivity contribution < 1.29 is 9.53 Å². The first-order valence-electron chi connectivity index (χ1n) is 6.86. The predicted octanol–water partition coefficient (Wildman–Crippen LogP) is 3.35. The van der Waals surface area contributed by atoms with E-state index >= 15 is 0 Å². The maximum atomic E-state index is 12.2. The minimum Gasteiger partial charge on any atom is -0.378 e. The van der Waals surface area contributed by atoms with Crippen molar-refractivity contribution in [3.05, 3.63) is 40.7 Å². The van der Waals surface area contributed by atoms with E-state index in [1.54, 1.807) is 11.3 Å². The van der Waals surface area contributed by atoms with Crippen molar-refractivity contribution >= 4 is 17.1 Å². The van der Waals surface area contributed by atoms with Crippen LogP contribution in [0.4, 0.5) is 0 Å². The van der Waals surface area contributed by atoms with E-state index in [0.29, 0.717) is 13.0 Å². The molecule has 2 unspecified atom stereocenters. The number of aromatic nitrogens is 1. The van der Waals surface area contributed by atoms with Crippen molar-refractivity contribution in [1.29, 1.82) is 0 Å². The third-order valence-corrected chi connectivity index (χ3v) is 4.45. The van der Waals surface area contributed by atoms with Crippen LogP contribution in [0.2, 0.25) is 0 Å². The maximum absolute atomic E-state index is 12.2. The molecule has 1 fully saturated rings. The molecule has 2 atom stereocenters. The van der Waals surface area contributed by atoms with Crippen LogP contribution in [0, 0.1) is 5.92 Å². The Hall–Kier alpha value is -1.52. The molecular formula is C16H17NO2S. The molecule has 0 radical (unpaired) electrons. The lowest BCUT2D eigenvalue weighted by atomic mass is 9.99. The Morgan fingerprint density at radius 3 is 2.90 bits per heavy atom. The van der Waals surface area contributed by atoms with Gasteiger partial charge in [-0.15, -0.1) is 11.3 Å². The average molecular weight is 287 g/mol. The molecule has 0 aliphatic carbocycles. The molecule has 1 aliphatic rings. The van der Waals surface area contributed by atoms with Crippen LogP contribution in [0.5, 0.6) is 0 Å². The molecule has 3 rings (SSSR count). The predicted molar refractivity (Wildman–Crippen MR) is 79.8 cm³/mol. The van der Waals surface area contributed by atoms with E-state index in [4.69, 9.17) is 4.74 Å². The Balaban J connectivity index is 1.67. The zero-order valence-electron chi connectivity index (χ0n) is 11.4. The number of nitrogens with zero attached hydrogens (tertiary/aromatic N) is 1. The molecule has 0 saturated carbocycles. The van der Waals surface area contributed by atoms with Crippen molar-refractivity contribution in [2.75, 3.05) is 6.61 Å². The number of Topliss-reactive ketones (excluding diaryl/α,β-unsaturated/α-hetero) is 1. The quantitative estimate of drug-likeness (QED) is 0.865. The summed E-state index contributed by atoms with van der Waals surface area (Å²) in [6.45, 7) is 2.58. The molecule has 1 saturated heterocycles. The van der Waals surface area contributed by atoms with Gasteiger partial charge in [-0.05, 0) is 13.3 Å². The van der Waals surface area contributed by atoms with Gasteiger partial charge in [0.05, 0.1) is 24.8 Å². The first-order chi connectivity index (χ1) is 9.72. The fraction of sp³-hybridized carbons (Fsp3) is 0.375. The number of carbonyl (C=O) groups excluding carboxylic acids is 1. The summed E-state index contributed by atoms with van der Waals surface area (Å²) < 4.78 is 5.46. The van der Waals surface area contributed by atoms with Gasteiger partial charge in [-0.2, -0.15) is 0 Å². The number of carbonyl (C=O) groups is 1. The van der Waals surface area contributed by atoms with Crippen molar-refractivity contribution in [1.82, 2.24) is 4.98 Å². The van der Waals surface area contributed by atoms with Crippen molar-refractivity contribution in [3.63, 3.8) is 0 Å². The first-order valence-corrected chi connectivity index (χ1v) is 7.74. The lowest BCUT2D eigenvalue weighted by Gasteiger charge is -2.04. The molecule has 2 aromatic rings. The standard InChI is InChI=1S/C16H17NO2S/c1-11-7-13(9-19-11)15(18)8-16-17-14(10-20-16)12-5-3-2-4-6-12/h2-6,10-11,13H,7-9H2,1H3. The van der Waals surface area contributed by atoms with E-state index in [-0.39, 0.29) is 17.8 Å². The summed E-state index contributed by atoms with van der Waals surface area (Å²) in [5.74, 6) is 0.303. The van der Waals surface area contributed by atoms with Gasteiger partial charge in [-0.1, -0.05) is 30.3 Å². The van der Waals surface area contributed by atoms with Crippen LogP contribution in [-0.2, 0) is 16.0 Å². The molecule has 1 aromatic carbocycles. The number of ether oxygens (including phenoxy) is 1. The van der Waals surface area contributed by atoms with Crippen molar-refractivity contribution in [2.24, 2.45) is 5.92 Å². The largest absolute Gasteiger partial charge is 0.378 e. The highest BCUT2D eigenvalue weighted by Gasteiger charge is 2.28. The summed E-state index contributed by atoms with van der Waals surface area (Å²) in [6, 6.07) is 10.1. The highest BCUT2D eigenvalue weighted by molar-refractivity contribution is 7.10. The number of ketones is 1. The average Bonchev–Trinajstić information content (AvgIpc) is 3.09. The molecule has 1 aliphatic heterocycles. The Labute approximate surface area is 122 Å². The smallest absolute Gasteiger partial charge is 0.145 e. The van der Waals surface area contributed by atoms with Crippen molar-refractivity contribution in [3.8, 4) is 11.3 Å². The second-order valence-corrected chi connectivity index (χ2v) is 6.15. The summed E-state index contributed by atoms with van der Waals surface area (Å²) in [5.41, 5.74) is 2.05. The Morgan fingerprint density at radius 2 is 2.20 bits per heavy atom. The van der Waals surface area contributed by atoms with E-state index < -0.39 is 0 Å². The van der Waals surface area contributed by atoms with Gasteiger partial charge >= 0.3 is 0 Å². The number of hydrogen-bond acceptors (Lipinski definition) is 4. The first kappa shape index (κ1) is 13.5. The molecule has 1 aromatic heterocycles. The molecule has 0 amide bonds. The van der Waals surface area contributed by atoms with E-state index in [0.717, 1.165) is 22.7 Å². The summed E-state index contributed by atoms with van der Waals surface area (Å²) in [5, 5.41) is 2.92. The Bertz CT molecular complexity index is 594. The van der Waals surface area contributed by atoms with Crippen LogP contribution in [0.3, 0.4) is 0 Å². The molecule has 104 valence electrons. The van der Waals surface area contributed by atoms with Gasteiger partial charge in [0, 0.05) is 16.9 Å². The van der Waals surface area contributed by atoms with E-state index in [2.05, 4.69) is 4.98 Å². The third kappa shape index (κ3) is 2.97. The van der Waals surface area contributed by atoms with Gasteiger partial charge in [0.25, 0.3) is 0 Å². The van der Waals surface area contributed by atoms with E-state index in [1.165, 1.54) is 0 Å². The Morgan fingerprint density at radius 1 is 1.40 bits per heavy atom. The molecule has 0 N–H and O–H groups in total. The molecule has 4 heteroatoms. The van der Waals surface area contributed by atoms with Gasteiger partial charge in [0.1, 0.15) is 10.8 Å². The number of thiazole rings is 1. The third-order valence-electron chi connectivity index (χ3n) is 3.60. The molecule has 0 bridgehead atoms. The van der Waals surface area contributed by atoms with Crippen LogP contribution in [0.1, 0.15) is 18.4 Å². The van der Waals surface area contributed by atoms with Crippen LogP contribution < -0.4 is 0 Å². The molecular weight excluding hydrogens is 270 g/mol. The fourth-order valence-corrected chi connectivity index (χ4v) is 3.28. The zero-order chi connectivity index (χ0) is 13.9. The number of hydrogen-bond donors (Lipinski definition) is 0. The van der Waals surface area contributed by atoms with Crippen LogP contribution in [-0.4, -0.2) is 23.5 Å². The lowest BCUT2D eigenvalue weighted by molar-refractivity contribution is -0.122. The van der Waals surface area contributed by atoms with Crippen LogP contribution in [0.15, 0.2) is 35.7 Å². The zero-order valence-corrected chi connectivity index (χ0v) is 12.2. The normalized spacial score (nSPS) is 22.1. The van der Waals surface area contributed by atoms with Gasteiger partial charge in [0.2, 0.25) is 0 Å². The summed E-state index contributed by atoms with van der Waals surface area (Å²) in [4.78, 5) is 16.8. The van der Waals surface area contributed by atoms with E-state index in [1.807, 2.05) is 42.6 Å². The van der Waals surface area contributed by atoms with Gasteiger partial charge in [-0.3, -0.25) is 4.79 Å². The molecule has 0 spiro atoms. The van der Waals surface area contributed by atoms with E-state index in [9.17, 15) is 4.79 Å². The molecule has 3 nitrogen and oxygen atoms in total. The highest BCUT2D eigenvalue weighted by atomic mass is 32.1. The summed E-state index contributed by atoms with van der Waals surface area (Å²) in [7, 11) is 0. The van der Waals surface area contributed by atoms with Gasteiger partial charge in [0.15, 0.2) is 0 Å². The number of rotatable bonds is 4. The second-order valence-electron chi connectivity index (χ2n) is 5.21. The SMILES string of the molecule is CC1CC(C(=O)Cc2nc(-c3ccccc3)cs2)CO1. The second kappa shape index (κ2) is 5.85. The van der Waals surface area contributed by atoms with Crippen LogP contribution >= 0.6 is 11.3 Å². The molecule has 20 heavy (non-hydrogen) atoms. The highest BCUT2D eigenvalue weighted by Crippen LogP contribution is 2.25. The van der Waals surface area contributed by atoms with Crippen molar-refractivity contribution in [2.45, 2.75) is 25.9 Å². The van der Waals surface area contributed by atoms with Crippen LogP contribution in [0.25, 0.3) is 11.3 Å². The Kier molecular flexibility index (Phi) is 3.94. The lowest BCUT2D eigenvalue weighted by Crippen LogP contribution is -2.16. The maximum Gasteiger partial charge on any atom is 0.145 e. The van der Waals surface area contributed by atoms with Gasteiger partial charge in [-0.25, -0.2) is 4.98 Å². The number of benzene rings is 1.